The highest BCUT2D eigenvalue weighted by molar-refractivity contribution is 5.89. The minimum atomic E-state index is -0.226. The first kappa shape index (κ1) is 17.9. The number of urea groups is 1. The lowest BCUT2D eigenvalue weighted by Gasteiger charge is -2.11. The zero-order valence-electron chi connectivity index (χ0n) is 15.0. The van der Waals surface area contributed by atoms with Crippen LogP contribution in [-0.4, -0.2) is 23.0 Å². The Kier molecular flexibility index (Phi) is 5.51. The number of carbonyl (C=O) groups excluding carboxylic acids is 2. The van der Waals surface area contributed by atoms with E-state index < -0.39 is 0 Å². The molecule has 0 bridgehead atoms. The lowest BCUT2D eigenvalue weighted by atomic mass is 10.1. The number of hydrogen-bond donors (Lipinski definition) is 3. The van der Waals surface area contributed by atoms with Gasteiger partial charge in [-0.25, -0.2) is 4.79 Å². The Morgan fingerprint density at radius 2 is 1.96 bits per heavy atom. The minimum absolute atomic E-state index is 0.0415. The van der Waals surface area contributed by atoms with Crippen LogP contribution in [0.2, 0.25) is 0 Å². The summed E-state index contributed by atoms with van der Waals surface area (Å²) < 4.78 is 0. The molecule has 0 saturated heterocycles. The van der Waals surface area contributed by atoms with Gasteiger partial charge in [0.1, 0.15) is 0 Å². The van der Waals surface area contributed by atoms with E-state index in [-0.39, 0.29) is 29.8 Å². The molecule has 1 heterocycles. The van der Waals surface area contributed by atoms with Crippen LogP contribution in [0.3, 0.4) is 0 Å². The second-order valence-electron chi connectivity index (χ2n) is 6.90. The van der Waals surface area contributed by atoms with E-state index in [4.69, 9.17) is 0 Å². The Hall–Kier alpha value is -2.89. The standard InChI is InChI=1S/C20H24N4O2/c1-13(2)23-20(26)24-16-7-5-14(6-8-16)11-22-19(25)18-10-17(18)15-4-3-9-21-12-15/h3-9,12-13,17-18H,10-11H2,1-2H3,(H,22,25)(H2,23,24,26)/t17-,18+/m0/s1. The first-order valence-electron chi connectivity index (χ1n) is 8.87. The number of pyridine rings is 1. The summed E-state index contributed by atoms with van der Waals surface area (Å²) in [7, 11) is 0. The highest BCUT2D eigenvalue weighted by atomic mass is 16.2. The number of aromatic nitrogens is 1. The Balaban J connectivity index is 1.45. The van der Waals surface area contributed by atoms with Crippen molar-refractivity contribution >= 4 is 17.6 Å². The molecule has 0 unspecified atom stereocenters. The summed E-state index contributed by atoms with van der Waals surface area (Å²) in [5.74, 6) is 0.409. The van der Waals surface area contributed by atoms with E-state index in [0.29, 0.717) is 6.54 Å². The van der Waals surface area contributed by atoms with Gasteiger partial charge in [0.2, 0.25) is 5.91 Å². The molecule has 1 aromatic heterocycles. The van der Waals surface area contributed by atoms with E-state index in [1.807, 2.05) is 56.4 Å². The van der Waals surface area contributed by atoms with Crippen LogP contribution < -0.4 is 16.0 Å². The number of nitrogens with zero attached hydrogens (tertiary/aromatic N) is 1. The first-order chi connectivity index (χ1) is 12.5. The molecule has 1 fully saturated rings. The maximum atomic E-state index is 12.3. The number of rotatable bonds is 6. The third-order valence-electron chi connectivity index (χ3n) is 4.34. The molecule has 1 saturated carbocycles. The highest BCUT2D eigenvalue weighted by Gasteiger charge is 2.43. The smallest absolute Gasteiger partial charge is 0.319 e. The number of nitrogens with one attached hydrogen (secondary N) is 3. The summed E-state index contributed by atoms with van der Waals surface area (Å²) in [4.78, 5) is 28.1. The Labute approximate surface area is 153 Å². The quantitative estimate of drug-likeness (QED) is 0.747. The van der Waals surface area contributed by atoms with Gasteiger partial charge < -0.3 is 16.0 Å². The highest BCUT2D eigenvalue weighted by Crippen LogP contribution is 2.47. The normalized spacial score (nSPS) is 18.3. The third-order valence-corrected chi connectivity index (χ3v) is 4.34. The predicted octanol–water partition coefficient (Wildman–Crippen LogP) is 3.03. The van der Waals surface area contributed by atoms with Gasteiger partial charge in [-0.2, -0.15) is 0 Å². The van der Waals surface area contributed by atoms with Gasteiger partial charge in [-0.1, -0.05) is 18.2 Å². The molecule has 3 rings (SSSR count). The maximum absolute atomic E-state index is 12.3. The predicted molar refractivity (Wildman–Crippen MR) is 101 cm³/mol. The molecule has 1 aliphatic carbocycles. The van der Waals surface area contributed by atoms with Crippen LogP contribution in [0.5, 0.6) is 0 Å². The van der Waals surface area contributed by atoms with Crippen LogP contribution in [-0.2, 0) is 11.3 Å². The number of amides is 3. The van der Waals surface area contributed by atoms with Crippen molar-refractivity contribution in [1.82, 2.24) is 15.6 Å². The summed E-state index contributed by atoms with van der Waals surface area (Å²) in [6.07, 6.45) is 4.45. The molecule has 6 heteroatoms. The van der Waals surface area contributed by atoms with E-state index in [1.54, 1.807) is 6.20 Å². The molecule has 0 aliphatic heterocycles. The third kappa shape index (κ3) is 4.81. The Bertz CT molecular complexity index is 759. The summed E-state index contributed by atoms with van der Waals surface area (Å²) in [6, 6.07) is 11.2. The van der Waals surface area contributed by atoms with Gasteiger partial charge in [0.05, 0.1) is 0 Å². The van der Waals surface area contributed by atoms with Crippen molar-refractivity contribution in [2.24, 2.45) is 5.92 Å². The van der Waals surface area contributed by atoms with E-state index in [0.717, 1.165) is 23.2 Å². The largest absolute Gasteiger partial charge is 0.352 e. The summed E-state index contributed by atoms with van der Waals surface area (Å²) in [5.41, 5.74) is 2.84. The van der Waals surface area contributed by atoms with Crippen molar-refractivity contribution in [2.75, 3.05) is 5.32 Å². The monoisotopic (exact) mass is 352 g/mol. The average Bonchev–Trinajstić information content (AvgIpc) is 3.42. The minimum Gasteiger partial charge on any atom is -0.352 e. The van der Waals surface area contributed by atoms with Crippen LogP contribution in [0.15, 0.2) is 48.8 Å². The van der Waals surface area contributed by atoms with Crippen LogP contribution in [0.1, 0.15) is 37.3 Å². The topological polar surface area (TPSA) is 83.1 Å². The van der Waals surface area contributed by atoms with Crippen molar-refractivity contribution in [3.63, 3.8) is 0 Å². The average molecular weight is 352 g/mol. The molecule has 2 aromatic rings. The van der Waals surface area contributed by atoms with E-state index in [9.17, 15) is 9.59 Å². The zero-order valence-corrected chi connectivity index (χ0v) is 15.0. The molecule has 6 nitrogen and oxygen atoms in total. The van der Waals surface area contributed by atoms with Crippen LogP contribution in [0, 0.1) is 5.92 Å². The molecule has 0 radical (unpaired) electrons. The second kappa shape index (κ2) is 7.99. The van der Waals surface area contributed by atoms with Gasteiger partial charge >= 0.3 is 6.03 Å². The van der Waals surface area contributed by atoms with E-state index >= 15 is 0 Å². The molecule has 3 N–H and O–H groups in total. The fourth-order valence-electron chi connectivity index (χ4n) is 2.90. The van der Waals surface area contributed by atoms with Crippen LogP contribution in [0.4, 0.5) is 10.5 Å². The lowest BCUT2D eigenvalue weighted by Crippen LogP contribution is -2.34. The molecule has 1 aromatic carbocycles. The van der Waals surface area contributed by atoms with Crippen molar-refractivity contribution < 1.29 is 9.59 Å². The molecule has 26 heavy (non-hydrogen) atoms. The first-order valence-corrected chi connectivity index (χ1v) is 8.87. The molecular weight excluding hydrogens is 328 g/mol. The van der Waals surface area contributed by atoms with Crippen molar-refractivity contribution in [2.45, 2.75) is 38.8 Å². The molecule has 1 aliphatic rings. The van der Waals surface area contributed by atoms with Crippen LogP contribution >= 0.6 is 0 Å². The van der Waals surface area contributed by atoms with E-state index in [2.05, 4.69) is 20.9 Å². The molecular formula is C20H24N4O2. The van der Waals surface area contributed by atoms with Crippen LogP contribution in [0.25, 0.3) is 0 Å². The second-order valence-corrected chi connectivity index (χ2v) is 6.90. The van der Waals surface area contributed by atoms with Gasteiger partial charge in [0, 0.05) is 36.6 Å². The fraction of sp³-hybridized carbons (Fsp3) is 0.350. The summed E-state index contributed by atoms with van der Waals surface area (Å²) in [5, 5.41) is 8.53. The van der Waals surface area contributed by atoms with Gasteiger partial charge in [0.15, 0.2) is 0 Å². The number of benzene rings is 1. The molecule has 3 amide bonds. The maximum Gasteiger partial charge on any atom is 0.319 e. The number of anilines is 1. The van der Waals surface area contributed by atoms with Gasteiger partial charge in [-0.3, -0.25) is 9.78 Å². The Morgan fingerprint density at radius 3 is 2.62 bits per heavy atom. The van der Waals surface area contributed by atoms with Crippen molar-refractivity contribution in [3.8, 4) is 0 Å². The van der Waals surface area contributed by atoms with Gasteiger partial charge in [0.25, 0.3) is 0 Å². The number of carbonyl (C=O) groups is 2. The fourth-order valence-corrected chi connectivity index (χ4v) is 2.90. The lowest BCUT2D eigenvalue weighted by molar-refractivity contribution is -0.122. The number of hydrogen-bond acceptors (Lipinski definition) is 3. The van der Waals surface area contributed by atoms with Gasteiger partial charge in [-0.05, 0) is 55.5 Å². The SMILES string of the molecule is CC(C)NC(=O)Nc1ccc(CNC(=O)[C@@H]2C[C@H]2c2cccnc2)cc1. The summed E-state index contributed by atoms with van der Waals surface area (Å²) >= 11 is 0. The zero-order chi connectivity index (χ0) is 18.5. The summed E-state index contributed by atoms with van der Waals surface area (Å²) in [6.45, 7) is 4.29. The Morgan fingerprint density at radius 1 is 1.19 bits per heavy atom. The van der Waals surface area contributed by atoms with Gasteiger partial charge in [-0.15, -0.1) is 0 Å². The molecule has 2 atom stereocenters. The van der Waals surface area contributed by atoms with E-state index in [1.165, 1.54) is 0 Å². The molecule has 0 spiro atoms. The van der Waals surface area contributed by atoms with Crippen molar-refractivity contribution in [3.05, 3.63) is 59.9 Å². The van der Waals surface area contributed by atoms with Crippen molar-refractivity contribution in [1.29, 1.82) is 0 Å². The molecule has 136 valence electrons.